The zero-order valence-electron chi connectivity index (χ0n) is 11.5. The van der Waals surface area contributed by atoms with Gasteiger partial charge in [-0.25, -0.2) is 0 Å². The van der Waals surface area contributed by atoms with Crippen molar-refractivity contribution >= 4 is 0 Å². The van der Waals surface area contributed by atoms with Gasteiger partial charge in [0, 0.05) is 38.6 Å². The van der Waals surface area contributed by atoms with Crippen LogP contribution in [0.25, 0.3) is 0 Å². The first-order chi connectivity index (χ1) is 8.74. The predicted molar refractivity (Wildman–Crippen MR) is 75.0 cm³/mol. The monoisotopic (exact) mass is 248 g/mol. The maximum atomic E-state index is 5.79. The van der Waals surface area contributed by atoms with Crippen molar-refractivity contribution in [2.24, 2.45) is 5.92 Å². The summed E-state index contributed by atoms with van der Waals surface area (Å²) in [6, 6.07) is 10.1. The Morgan fingerprint density at radius 2 is 1.78 bits per heavy atom. The van der Waals surface area contributed by atoms with Gasteiger partial charge < -0.3 is 14.5 Å². The SMILES string of the molecule is CC(COc1ccccc1)CN1CCN(C)CC1. The number of hydrogen-bond donors (Lipinski definition) is 0. The molecule has 1 aliphatic heterocycles. The minimum Gasteiger partial charge on any atom is -0.493 e. The number of nitrogens with zero attached hydrogens (tertiary/aromatic N) is 2. The Labute approximate surface area is 110 Å². The van der Waals surface area contributed by atoms with Crippen molar-refractivity contribution in [1.29, 1.82) is 0 Å². The molecule has 0 amide bonds. The highest BCUT2D eigenvalue weighted by molar-refractivity contribution is 5.20. The molecule has 1 aliphatic rings. The minimum absolute atomic E-state index is 0.577. The number of piperazine rings is 1. The van der Waals surface area contributed by atoms with E-state index in [0.29, 0.717) is 5.92 Å². The third kappa shape index (κ3) is 4.31. The third-order valence-corrected chi connectivity index (χ3v) is 3.44. The summed E-state index contributed by atoms with van der Waals surface area (Å²) in [6.07, 6.45) is 0. The summed E-state index contributed by atoms with van der Waals surface area (Å²) in [5, 5.41) is 0. The van der Waals surface area contributed by atoms with E-state index in [2.05, 4.69) is 23.8 Å². The molecular formula is C15H24N2O. The summed E-state index contributed by atoms with van der Waals surface area (Å²) in [7, 11) is 2.19. The fraction of sp³-hybridized carbons (Fsp3) is 0.600. The van der Waals surface area contributed by atoms with E-state index in [1.54, 1.807) is 0 Å². The van der Waals surface area contributed by atoms with Gasteiger partial charge in [-0.2, -0.15) is 0 Å². The van der Waals surface area contributed by atoms with E-state index in [-0.39, 0.29) is 0 Å². The molecule has 0 radical (unpaired) electrons. The molecule has 0 aromatic heterocycles. The van der Waals surface area contributed by atoms with Gasteiger partial charge in [0.15, 0.2) is 0 Å². The first-order valence-electron chi connectivity index (χ1n) is 6.83. The number of para-hydroxylation sites is 1. The molecule has 1 saturated heterocycles. The standard InChI is InChI=1S/C15H24N2O/c1-14(12-17-10-8-16(2)9-11-17)13-18-15-6-4-3-5-7-15/h3-7,14H,8-13H2,1-2H3. The van der Waals surface area contributed by atoms with Crippen molar-refractivity contribution in [3.8, 4) is 5.75 Å². The van der Waals surface area contributed by atoms with Crippen molar-refractivity contribution in [2.75, 3.05) is 46.4 Å². The normalized spacial score (nSPS) is 19.7. The van der Waals surface area contributed by atoms with Crippen LogP contribution in [0.2, 0.25) is 0 Å². The molecule has 3 nitrogen and oxygen atoms in total. The number of rotatable bonds is 5. The molecule has 1 aromatic rings. The van der Waals surface area contributed by atoms with Gasteiger partial charge in [0.05, 0.1) is 6.61 Å². The van der Waals surface area contributed by atoms with Gasteiger partial charge >= 0.3 is 0 Å². The molecule has 0 saturated carbocycles. The molecule has 1 atom stereocenters. The predicted octanol–water partition coefficient (Wildman–Crippen LogP) is 1.95. The Kier molecular flexibility index (Phi) is 5.02. The van der Waals surface area contributed by atoms with E-state index < -0.39 is 0 Å². The third-order valence-electron chi connectivity index (χ3n) is 3.44. The first-order valence-corrected chi connectivity index (χ1v) is 6.83. The Hall–Kier alpha value is -1.06. The molecule has 1 unspecified atom stereocenters. The zero-order valence-corrected chi connectivity index (χ0v) is 11.5. The summed E-state index contributed by atoms with van der Waals surface area (Å²) in [4.78, 5) is 4.93. The Balaban J connectivity index is 1.67. The fourth-order valence-electron chi connectivity index (χ4n) is 2.28. The Morgan fingerprint density at radius 3 is 2.44 bits per heavy atom. The lowest BCUT2D eigenvalue weighted by Gasteiger charge is -2.33. The first kappa shape index (κ1) is 13.4. The summed E-state index contributed by atoms with van der Waals surface area (Å²) < 4.78 is 5.79. The van der Waals surface area contributed by atoms with Gasteiger partial charge in [-0.3, -0.25) is 0 Å². The molecule has 2 rings (SSSR count). The highest BCUT2D eigenvalue weighted by Gasteiger charge is 2.16. The van der Waals surface area contributed by atoms with Crippen LogP contribution in [0, 0.1) is 5.92 Å². The maximum Gasteiger partial charge on any atom is 0.119 e. The molecule has 0 spiro atoms. The van der Waals surface area contributed by atoms with Crippen LogP contribution in [0.5, 0.6) is 5.75 Å². The lowest BCUT2D eigenvalue weighted by molar-refractivity contribution is 0.123. The van der Waals surface area contributed by atoms with Crippen LogP contribution in [0.4, 0.5) is 0 Å². The highest BCUT2D eigenvalue weighted by atomic mass is 16.5. The molecular weight excluding hydrogens is 224 g/mol. The van der Waals surface area contributed by atoms with E-state index >= 15 is 0 Å². The van der Waals surface area contributed by atoms with Crippen molar-refractivity contribution in [3.63, 3.8) is 0 Å². The van der Waals surface area contributed by atoms with Crippen LogP contribution in [0.15, 0.2) is 30.3 Å². The molecule has 1 fully saturated rings. The molecule has 0 aliphatic carbocycles. The second-order valence-corrected chi connectivity index (χ2v) is 5.33. The Bertz CT molecular complexity index is 334. The van der Waals surface area contributed by atoms with E-state index in [4.69, 9.17) is 4.74 Å². The van der Waals surface area contributed by atoms with Crippen LogP contribution in [-0.2, 0) is 0 Å². The highest BCUT2D eigenvalue weighted by Crippen LogP contribution is 2.11. The number of likely N-dealkylation sites (N-methyl/N-ethyl adjacent to an activating group) is 1. The van der Waals surface area contributed by atoms with Crippen molar-refractivity contribution in [1.82, 2.24) is 9.80 Å². The Morgan fingerprint density at radius 1 is 1.11 bits per heavy atom. The van der Waals surface area contributed by atoms with E-state index in [0.717, 1.165) is 18.9 Å². The van der Waals surface area contributed by atoms with Crippen LogP contribution in [0.3, 0.4) is 0 Å². The van der Waals surface area contributed by atoms with Crippen LogP contribution in [0.1, 0.15) is 6.92 Å². The second kappa shape index (κ2) is 6.76. The summed E-state index contributed by atoms with van der Waals surface area (Å²) in [5.74, 6) is 1.55. The summed E-state index contributed by atoms with van der Waals surface area (Å²) in [6.45, 7) is 8.95. The number of hydrogen-bond acceptors (Lipinski definition) is 3. The van der Waals surface area contributed by atoms with Crippen molar-refractivity contribution < 1.29 is 4.74 Å². The largest absolute Gasteiger partial charge is 0.493 e. The molecule has 0 N–H and O–H groups in total. The molecule has 0 bridgehead atoms. The van der Waals surface area contributed by atoms with Gasteiger partial charge in [0.2, 0.25) is 0 Å². The average molecular weight is 248 g/mol. The molecule has 1 aromatic carbocycles. The van der Waals surface area contributed by atoms with Crippen molar-refractivity contribution in [3.05, 3.63) is 30.3 Å². The fourth-order valence-corrected chi connectivity index (χ4v) is 2.28. The van der Waals surface area contributed by atoms with Gasteiger partial charge in [0.1, 0.15) is 5.75 Å². The number of benzene rings is 1. The van der Waals surface area contributed by atoms with E-state index in [9.17, 15) is 0 Å². The minimum atomic E-state index is 0.577. The van der Waals surface area contributed by atoms with Crippen LogP contribution in [-0.4, -0.2) is 56.2 Å². The lowest BCUT2D eigenvalue weighted by atomic mass is 10.1. The second-order valence-electron chi connectivity index (χ2n) is 5.33. The van der Waals surface area contributed by atoms with Crippen LogP contribution >= 0.6 is 0 Å². The molecule has 18 heavy (non-hydrogen) atoms. The van der Waals surface area contributed by atoms with Crippen molar-refractivity contribution in [2.45, 2.75) is 6.92 Å². The van der Waals surface area contributed by atoms with Gasteiger partial charge in [-0.1, -0.05) is 25.1 Å². The van der Waals surface area contributed by atoms with Crippen LogP contribution < -0.4 is 4.74 Å². The molecule has 100 valence electrons. The maximum absolute atomic E-state index is 5.79. The smallest absolute Gasteiger partial charge is 0.119 e. The van der Waals surface area contributed by atoms with E-state index in [1.165, 1.54) is 26.2 Å². The summed E-state index contributed by atoms with van der Waals surface area (Å²) >= 11 is 0. The zero-order chi connectivity index (χ0) is 12.8. The van der Waals surface area contributed by atoms with Gasteiger partial charge in [0.25, 0.3) is 0 Å². The van der Waals surface area contributed by atoms with E-state index in [1.807, 2.05) is 30.3 Å². The van der Waals surface area contributed by atoms with Gasteiger partial charge in [-0.05, 0) is 19.2 Å². The number of ether oxygens (including phenoxy) is 1. The summed E-state index contributed by atoms with van der Waals surface area (Å²) in [5.41, 5.74) is 0. The average Bonchev–Trinajstić information content (AvgIpc) is 2.40. The molecule has 3 heteroatoms. The lowest BCUT2D eigenvalue weighted by Crippen LogP contribution is -2.46. The molecule has 1 heterocycles. The quantitative estimate of drug-likeness (QED) is 0.792. The van der Waals surface area contributed by atoms with Gasteiger partial charge in [-0.15, -0.1) is 0 Å². The topological polar surface area (TPSA) is 15.7 Å².